The molecule has 0 aliphatic carbocycles. The fourth-order valence-corrected chi connectivity index (χ4v) is 3.73. The summed E-state index contributed by atoms with van der Waals surface area (Å²) in [5.41, 5.74) is 0.159. The minimum atomic E-state index is -0.990. The van der Waals surface area contributed by atoms with Gasteiger partial charge in [0.05, 0.1) is 13.7 Å². The van der Waals surface area contributed by atoms with E-state index in [-0.39, 0.29) is 5.56 Å². The van der Waals surface area contributed by atoms with Gasteiger partial charge in [0.2, 0.25) is 0 Å². The van der Waals surface area contributed by atoms with E-state index in [0.717, 1.165) is 12.3 Å². The van der Waals surface area contributed by atoms with Gasteiger partial charge < -0.3 is 14.6 Å². The van der Waals surface area contributed by atoms with Gasteiger partial charge in [0.15, 0.2) is 0 Å². The molecule has 1 aromatic carbocycles. The molecule has 0 aliphatic rings. The topological polar surface area (TPSA) is 55.8 Å². The van der Waals surface area contributed by atoms with Gasteiger partial charge in [0.25, 0.3) is 0 Å². The van der Waals surface area contributed by atoms with E-state index in [0.29, 0.717) is 18.1 Å². The van der Waals surface area contributed by atoms with E-state index in [4.69, 9.17) is 14.6 Å². The number of carboxylic acid groups (broad SMARTS) is 1. The summed E-state index contributed by atoms with van der Waals surface area (Å²) < 4.78 is 10.9. The van der Waals surface area contributed by atoms with Gasteiger partial charge >= 0.3 is 5.97 Å². The number of rotatable bonds is 19. The maximum absolute atomic E-state index is 11.1. The Labute approximate surface area is 184 Å². The third-order valence-electron chi connectivity index (χ3n) is 5.60. The molecule has 0 amide bonds. The number of benzene rings is 1. The number of carboxylic acids is 1. The standard InChI is InChI=1S/C26H44O4/c1-22(2)17-15-13-11-9-7-5-4-6-8-10-12-14-16-20-30-23-18-19-24(26(27)28)25(21-23)29-3/h18-19,21-22H,4-17,20H2,1-3H3,(H,27,28). The van der Waals surface area contributed by atoms with Crippen LogP contribution in [0.4, 0.5) is 0 Å². The fraction of sp³-hybridized carbons (Fsp3) is 0.731. The van der Waals surface area contributed by atoms with E-state index in [9.17, 15) is 4.79 Å². The molecule has 4 heteroatoms. The molecule has 0 aliphatic heterocycles. The Morgan fingerprint density at radius 2 is 1.33 bits per heavy atom. The third kappa shape index (κ3) is 12.8. The summed E-state index contributed by atoms with van der Waals surface area (Å²) in [5.74, 6) is 0.873. The lowest BCUT2D eigenvalue weighted by atomic mass is 10.0. The summed E-state index contributed by atoms with van der Waals surface area (Å²) in [6, 6.07) is 4.87. The predicted molar refractivity (Wildman–Crippen MR) is 125 cm³/mol. The second-order valence-corrected chi connectivity index (χ2v) is 8.79. The lowest BCUT2D eigenvalue weighted by molar-refractivity contribution is 0.0693. The fourth-order valence-electron chi connectivity index (χ4n) is 3.73. The number of carbonyl (C=O) groups is 1. The first-order valence-corrected chi connectivity index (χ1v) is 12.1. The summed E-state index contributed by atoms with van der Waals surface area (Å²) in [6.45, 7) is 5.29. The first kappa shape index (κ1) is 26.3. The molecule has 1 rings (SSSR count). The van der Waals surface area contributed by atoms with Crippen molar-refractivity contribution < 1.29 is 19.4 Å². The number of ether oxygens (including phenoxy) is 2. The SMILES string of the molecule is COc1cc(OCCCCCCCCCCCCCCCC(C)C)ccc1C(=O)O. The minimum Gasteiger partial charge on any atom is -0.496 e. The Morgan fingerprint density at radius 1 is 0.833 bits per heavy atom. The number of aromatic carboxylic acids is 1. The highest BCUT2D eigenvalue weighted by molar-refractivity contribution is 5.91. The molecule has 30 heavy (non-hydrogen) atoms. The van der Waals surface area contributed by atoms with Crippen LogP contribution in [0.15, 0.2) is 18.2 Å². The molecule has 0 radical (unpaired) electrons. The summed E-state index contributed by atoms with van der Waals surface area (Å²) in [6.07, 6.45) is 18.8. The zero-order valence-electron chi connectivity index (χ0n) is 19.6. The van der Waals surface area contributed by atoms with Crippen molar-refractivity contribution in [2.45, 2.75) is 104 Å². The highest BCUT2D eigenvalue weighted by atomic mass is 16.5. The molecule has 0 heterocycles. The van der Waals surface area contributed by atoms with Crippen molar-refractivity contribution in [2.24, 2.45) is 5.92 Å². The lowest BCUT2D eigenvalue weighted by Gasteiger charge is -2.10. The molecule has 0 atom stereocenters. The van der Waals surface area contributed by atoms with Gasteiger partial charge in [-0.1, -0.05) is 97.3 Å². The first-order chi connectivity index (χ1) is 14.5. The van der Waals surface area contributed by atoms with Gasteiger partial charge in [-0.15, -0.1) is 0 Å². The molecular weight excluding hydrogens is 376 g/mol. The summed E-state index contributed by atoms with van der Waals surface area (Å²) >= 11 is 0. The van der Waals surface area contributed by atoms with Gasteiger partial charge in [-0.05, 0) is 24.5 Å². The van der Waals surface area contributed by atoms with Crippen molar-refractivity contribution in [1.29, 1.82) is 0 Å². The van der Waals surface area contributed by atoms with Crippen molar-refractivity contribution in [3.05, 3.63) is 23.8 Å². The molecule has 1 N–H and O–H groups in total. The number of methoxy groups -OCH3 is 1. The Hall–Kier alpha value is -1.71. The summed E-state index contributed by atoms with van der Waals surface area (Å²) in [5, 5.41) is 9.10. The Kier molecular flexibility index (Phi) is 14.9. The van der Waals surface area contributed by atoms with Crippen LogP contribution in [-0.2, 0) is 0 Å². The van der Waals surface area contributed by atoms with Crippen molar-refractivity contribution in [3.63, 3.8) is 0 Å². The van der Waals surface area contributed by atoms with Gasteiger partial charge in [-0.2, -0.15) is 0 Å². The van der Waals surface area contributed by atoms with Crippen LogP contribution in [0, 0.1) is 5.92 Å². The van der Waals surface area contributed by atoms with E-state index >= 15 is 0 Å². The average molecular weight is 421 g/mol. The predicted octanol–water partition coefficient (Wildman–Crippen LogP) is 7.89. The van der Waals surface area contributed by atoms with Crippen LogP contribution in [0.25, 0.3) is 0 Å². The highest BCUT2D eigenvalue weighted by Crippen LogP contribution is 2.25. The Bertz CT molecular complexity index is 568. The summed E-state index contributed by atoms with van der Waals surface area (Å²) in [4.78, 5) is 11.1. The highest BCUT2D eigenvalue weighted by Gasteiger charge is 2.11. The van der Waals surface area contributed by atoms with Crippen LogP contribution >= 0.6 is 0 Å². The Balaban J connectivity index is 1.91. The van der Waals surface area contributed by atoms with Gasteiger partial charge in [-0.25, -0.2) is 4.79 Å². The van der Waals surface area contributed by atoms with Crippen LogP contribution in [0.1, 0.15) is 114 Å². The van der Waals surface area contributed by atoms with E-state index in [1.165, 1.54) is 96.6 Å². The van der Waals surface area contributed by atoms with Gasteiger partial charge in [-0.3, -0.25) is 0 Å². The summed E-state index contributed by atoms with van der Waals surface area (Å²) in [7, 11) is 1.47. The molecule has 0 spiro atoms. The second kappa shape index (κ2) is 17.0. The molecule has 1 aromatic rings. The van der Waals surface area contributed by atoms with Gasteiger partial charge in [0, 0.05) is 6.07 Å². The molecule has 0 aromatic heterocycles. The van der Waals surface area contributed by atoms with E-state index in [2.05, 4.69) is 13.8 Å². The maximum atomic E-state index is 11.1. The quantitative estimate of drug-likeness (QED) is 0.231. The van der Waals surface area contributed by atoms with Crippen LogP contribution in [0.5, 0.6) is 11.5 Å². The van der Waals surface area contributed by atoms with E-state index in [1.54, 1.807) is 12.1 Å². The van der Waals surface area contributed by atoms with Crippen LogP contribution < -0.4 is 9.47 Å². The normalized spacial score (nSPS) is 11.1. The molecule has 0 saturated heterocycles. The maximum Gasteiger partial charge on any atom is 0.339 e. The molecule has 0 saturated carbocycles. The van der Waals surface area contributed by atoms with Crippen LogP contribution in [-0.4, -0.2) is 24.8 Å². The van der Waals surface area contributed by atoms with Crippen molar-refractivity contribution in [3.8, 4) is 11.5 Å². The van der Waals surface area contributed by atoms with E-state index in [1.807, 2.05) is 0 Å². The van der Waals surface area contributed by atoms with Crippen LogP contribution in [0.3, 0.4) is 0 Å². The zero-order chi connectivity index (χ0) is 22.0. The van der Waals surface area contributed by atoms with Crippen molar-refractivity contribution in [1.82, 2.24) is 0 Å². The molecule has 0 bridgehead atoms. The average Bonchev–Trinajstić information content (AvgIpc) is 2.72. The van der Waals surface area contributed by atoms with E-state index < -0.39 is 5.97 Å². The number of hydrogen-bond acceptors (Lipinski definition) is 3. The van der Waals surface area contributed by atoms with Crippen molar-refractivity contribution >= 4 is 5.97 Å². The molecule has 4 nitrogen and oxygen atoms in total. The molecule has 0 fully saturated rings. The minimum absolute atomic E-state index is 0.159. The van der Waals surface area contributed by atoms with Gasteiger partial charge in [0.1, 0.15) is 17.1 Å². The zero-order valence-corrected chi connectivity index (χ0v) is 19.6. The molecular formula is C26H44O4. The first-order valence-electron chi connectivity index (χ1n) is 12.1. The third-order valence-corrected chi connectivity index (χ3v) is 5.60. The molecule has 0 unspecified atom stereocenters. The van der Waals surface area contributed by atoms with Crippen molar-refractivity contribution in [2.75, 3.05) is 13.7 Å². The van der Waals surface area contributed by atoms with Crippen LogP contribution in [0.2, 0.25) is 0 Å². The number of hydrogen-bond donors (Lipinski definition) is 1. The largest absolute Gasteiger partial charge is 0.496 e. The molecule has 172 valence electrons. The second-order valence-electron chi connectivity index (χ2n) is 8.79. The monoisotopic (exact) mass is 420 g/mol. The lowest BCUT2D eigenvalue weighted by Crippen LogP contribution is -2.02. The number of unbranched alkanes of at least 4 members (excludes halogenated alkanes) is 12. The Morgan fingerprint density at radius 3 is 1.80 bits per heavy atom. The smallest absolute Gasteiger partial charge is 0.339 e.